The van der Waals surface area contributed by atoms with Crippen molar-refractivity contribution in [2.45, 2.75) is 6.17 Å². The first-order valence-electron chi connectivity index (χ1n) is 2.11. The molecule has 0 bridgehead atoms. The first-order valence-corrected chi connectivity index (χ1v) is 3.11. The average molecular weight is 140 g/mol. The number of hydrogen-bond acceptors (Lipinski definition) is 3. The van der Waals surface area contributed by atoms with Crippen LogP contribution in [0.2, 0.25) is 0 Å². The van der Waals surface area contributed by atoms with Gasteiger partial charge in [-0.25, -0.2) is 4.39 Å². The van der Waals surface area contributed by atoms with Gasteiger partial charge in [-0.2, -0.15) is 4.21 Å². The zero-order valence-corrected chi connectivity index (χ0v) is 4.82. The Morgan fingerprint density at radius 1 is 1.50 bits per heavy atom. The molecule has 0 atom stereocenters. The van der Waals surface area contributed by atoms with Crippen LogP contribution < -0.4 is 0 Å². The molecule has 48 valence electrons. The van der Waals surface area contributed by atoms with E-state index in [-0.39, 0.29) is 13.2 Å². The van der Waals surface area contributed by atoms with Crippen molar-refractivity contribution in [3.63, 3.8) is 0 Å². The molecule has 1 fully saturated rings. The van der Waals surface area contributed by atoms with E-state index in [1.807, 2.05) is 0 Å². The number of alkyl halides is 1. The van der Waals surface area contributed by atoms with Crippen LogP contribution in [0.1, 0.15) is 0 Å². The van der Waals surface area contributed by atoms with Crippen molar-refractivity contribution >= 4 is 11.4 Å². The van der Waals surface area contributed by atoms with Gasteiger partial charge in [0.2, 0.25) is 0 Å². The van der Waals surface area contributed by atoms with Crippen LogP contribution in [-0.2, 0) is 19.7 Å². The molecule has 0 aromatic heterocycles. The largest absolute Gasteiger partial charge is 0.304 e. The van der Waals surface area contributed by atoms with E-state index in [4.69, 9.17) is 0 Å². The van der Waals surface area contributed by atoms with Crippen molar-refractivity contribution in [1.82, 2.24) is 0 Å². The summed E-state index contributed by atoms with van der Waals surface area (Å²) in [7, 11) is 0. The molecule has 0 aliphatic carbocycles. The maximum Gasteiger partial charge on any atom is 0.304 e. The lowest BCUT2D eigenvalue weighted by Gasteiger charge is -2.12. The molecule has 0 spiro atoms. The molecule has 1 rings (SSSR count). The highest BCUT2D eigenvalue weighted by Gasteiger charge is 2.17. The van der Waals surface area contributed by atoms with E-state index in [1.165, 1.54) is 0 Å². The van der Waals surface area contributed by atoms with Crippen LogP contribution in [0.3, 0.4) is 0 Å². The van der Waals surface area contributed by atoms with Gasteiger partial charge in [0.25, 0.3) is 0 Å². The molecule has 0 amide bonds. The monoisotopic (exact) mass is 140 g/mol. The molecule has 0 aromatic rings. The first-order chi connectivity index (χ1) is 3.79. The Hall–Kier alpha value is -0.0000000000000000486. The summed E-state index contributed by atoms with van der Waals surface area (Å²) in [5.74, 6) is 0. The summed E-state index contributed by atoms with van der Waals surface area (Å²) in [5.41, 5.74) is 0. The standard InChI is InChI=1S/C3H5FO3S/c4-3-1-6-8(5)7-2-3/h3H,1-2H2. The van der Waals surface area contributed by atoms with E-state index in [0.29, 0.717) is 0 Å². The molecule has 0 radical (unpaired) electrons. The number of hydrogen-bond donors (Lipinski definition) is 0. The third-order valence-electron chi connectivity index (χ3n) is 0.690. The van der Waals surface area contributed by atoms with E-state index < -0.39 is 17.5 Å². The Kier molecular flexibility index (Phi) is 1.93. The Balaban J connectivity index is 2.29. The molecule has 3 nitrogen and oxygen atoms in total. The summed E-state index contributed by atoms with van der Waals surface area (Å²) in [6.07, 6.45) is -1.12. The Labute approximate surface area is 48.6 Å². The van der Waals surface area contributed by atoms with Crippen LogP contribution >= 0.6 is 0 Å². The minimum absolute atomic E-state index is 0.118. The lowest BCUT2D eigenvalue weighted by Crippen LogP contribution is -2.25. The molecular formula is C3H5FO3S. The SMILES string of the molecule is O=S1OCC(F)CO1. The van der Waals surface area contributed by atoms with Crippen LogP contribution in [0, 0.1) is 0 Å². The highest BCUT2D eigenvalue weighted by Crippen LogP contribution is 2.04. The molecule has 1 aliphatic rings. The Morgan fingerprint density at radius 2 is 2.00 bits per heavy atom. The van der Waals surface area contributed by atoms with Gasteiger partial charge in [0.05, 0.1) is 13.2 Å². The predicted molar refractivity (Wildman–Crippen MR) is 24.9 cm³/mol. The molecular weight excluding hydrogens is 135 g/mol. The van der Waals surface area contributed by atoms with Crippen molar-refractivity contribution in [2.24, 2.45) is 0 Å². The number of rotatable bonds is 0. The van der Waals surface area contributed by atoms with E-state index in [9.17, 15) is 8.60 Å². The summed E-state index contributed by atoms with van der Waals surface area (Å²) in [6, 6.07) is 0. The lowest BCUT2D eigenvalue weighted by atomic mass is 10.4. The number of halogens is 1. The fraction of sp³-hybridized carbons (Fsp3) is 1.00. The Bertz CT molecular complexity index is 96.7. The summed E-state index contributed by atoms with van der Waals surface area (Å²) in [6.45, 7) is -0.237. The van der Waals surface area contributed by atoms with Crippen molar-refractivity contribution in [3.05, 3.63) is 0 Å². The van der Waals surface area contributed by atoms with Gasteiger partial charge in [0.1, 0.15) is 6.17 Å². The van der Waals surface area contributed by atoms with Crippen molar-refractivity contribution in [3.8, 4) is 0 Å². The van der Waals surface area contributed by atoms with Gasteiger partial charge in [0, 0.05) is 0 Å². The second-order valence-corrected chi connectivity index (χ2v) is 2.25. The fourth-order valence-corrected chi connectivity index (χ4v) is 0.926. The first kappa shape index (κ1) is 6.12. The maximum absolute atomic E-state index is 12.0. The van der Waals surface area contributed by atoms with E-state index >= 15 is 0 Å². The second kappa shape index (κ2) is 2.52. The van der Waals surface area contributed by atoms with E-state index in [1.54, 1.807) is 0 Å². The van der Waals surface area contributed by atoms with Crippen molar-refractivity contribution < 1.29 is 17.0 Å². The molecule has 1 aliphatic heterocycles. The smallest absolute Gasteiger partial charge is 0.265 e. The lowest BCUT2D eigenvalue weighted by molar-refractivity contribution is 0.0923. The zero-order valence-electron chi connectivity index (χ0n) is 4.00. The molecule has 0 unspecified atom stereocenters. The van der Waals surface area contributed by atoms with Crippen molar-refractivity contribution in [1.29, 1.82) is 0 Å². The van der Waals surface area contributed by atoms with Crippen LogP contribution in [-0.4, -0.2) is 23.6 Å². The molecule has 0 N–H and O–H groups in total. The topological polar surface area (TPSA) is 35.5 Å². The van der Waals surface area contributed by atoms with Crippen LogP contribution in [0.15, 0.2) is 0 Å². The van der Waals surface area contributed by atoms with Gasteiger partial charge in [-0.15, -0.1) is 0 Å². The van der Waals surface area contributed by atoms with Gasteiger partial charge in [-0.05, 0) is 0 Å². The minimum Gasteiger partial charge on any atom is -0.265 e. The van der Waals surface area contributed by atoms with Crippen LogP contribution in [0.5, 0.6) is 0 Å². The average Bonchev–Trinajstić information content (AvgIpc) is 1.77. The van der Waals surface area contributed by atoms with Gasteiger partial charge >= 0.3 is 11.4 Å². The summed E-state index contributed by atoms with van der Waals surface area (Å²) < 4.78 is 30.6. The molecule has 8 heavy (non-hydrogen) atoms. The van der Waals surface area contributed by atoms with E-state index in [2.05, 4.69) is 8.37 Å². The third-order valence-corrected chi connectivity index (χ3v) is 1.35. The fourth-order valence-electron chi connectivity index (χ4n) is 0.341. The van der Waals surface area contributed by atoms with E-state index in [0.717, 1.165) is 0 Å². The minimum atomic E-state index is -1.70. The predicted octanol–water partition coefficient (Wildman–Crippen LogP) is -0.0500. The Morgan fingerprint density at radius 3 is 2.38 bits per heavy atom. The van der Waals surface area contributed by atoms with Crippen LogP contribution in [0.4, 0.5) is 4.39 Å². The van der Waals surface area contributed by atoms with Crippen LogP contribution in [0.25, 0.3) is 0 Å². The highest BCUT2D eigenvalue weighted by atomic mass is 32.2. The quantitative estimate of drug-likeness (QED) is 0.473. The van der Waals surface area contributed by atoms with Gasteiger partial charge in [0.15, 0.2) is 0 Å². The maximum atomic E-state index is 12.0. The normalized spacial score (nSPS) is 39.6. The third kappa shape index (κ3) is 1.50. The van der Waals surface area contributed by atoms with Crippen molar-refractivity contribution in [2.75, 3.05) is 13.2 Å². The molecule has 0 saturated carbocycles. The molecule has 5 heteroatoms. The molecule has 0 aromatic carbocycles. The molecule has 1 heterocycles. The summed E-state index contributed by atoms with van der Waals surface area (Å²) >= 11 is -1.70. The molecule has 1 saturated heterocycles. The van der Waals surface area contributed by atoms with Gasteiger partial charge in [-0.1, -0.05) is 0 Å². The van der Waals surface area contributed by atoms with Gasteiger partial charge in [-0.3, -0.25) is 8.37 Å². The second-order valence-electron chi connectivity index (χ2n) is 1.37. The van der Waals surface area contributed by atoms with Gasteiger partial charge < -0.3 is 0 Å². The highest BCUT2D eigenvalue weighted by molar-refractivity contribution is 7.75. The summed E-state index contributed by atoms with van der Waals surface area (Å²) in [4.78, 5) is 0. The summed E-state index contributed by atoms with van der Waals surface area (Å²) in [5, 5.41) is 0. The zero-order chi connectivity index (χ0) is 5.98.